The Kier molecular flexibility index (Phi) is 3.71. The zero-order valence-electron chi connectivity index (χ0n) is 9.07. The number of hydrogen-bond acceptors (Lipinski definition) is 3. The molecular weight excluding hydrogens is 214 g/mol. The van der Waals surface area contributed by atoms with Crippen LogP contribution in [-0.2, 0) is 10.0 Å². The van der Waals surface area contributed by atoms with Crippen LogP contribution < -0.4 is 9.46 Å². The summed E-state index contributed by atoms with van der Waals surface area (Å²) in [5.74, 6) is 0.387. The number of aryl methyl sites for hydroxylation is 1. The molecule has 1 aromatic rings. The van der Waals surface area contributed by atoms with Gasteiger partial charge in [0, 0.05) is 0 Å². The third-order valence-corrected chi connectivity index (χ3v) is 3.39. The summed E-state index contributed by atoms with van der Waals surface area (Å²) in [4.78, 5) is 0.187. The summed E-state index contributed by atoms with van der Waals surface area (Å²) >= 11 is 0. The molecule has 1 aromatic carbocycles. The second-order valence-corrected chi connectivity index (χ2v) is 4.95. The second kappa shape index (κ2) is 4.63. The predicted octanol–water partition coefficient (Wildman–Crippen LogP) is 1.30. The molecule has 0 atom stereocenters. The highest BCUT2D eigenvalue weighted by atomic mass is 32.2. The Morgan fingerprint density at radius 1 is 1.40 bits per heavy atom. The Morgan fingerprint density at radius 3 is 2.60 bits per heavy atom. The molecule has 4 nitrogen and oxygen atoms in total. The summed E-state index contributed by atoms with van der Waals surface area (Å²) in [5, 5.41) is 0. The van der Waals surface area contributed by atoms with Crippen LogP contribution in [-0.4, -0.2) is 22.1 Å². The first-order valence-electron chi connectivity index (χ1n) is 4.68. The molecule has 0 heterocycles. The Balaban J connectivity index is 3.31. The van der Waals surface area contributed by atoms with Gasteiger partial charge in [-0.2, -0.15) is 0 Å². The van der Waals surface area contributed by atoms with E-state index in [-0.39, 0.29) is 4.90 Å². The molecule has 0 aliphatic heterocycles. The van der Waals surface area contributed by atoms with Crippen molar-refractivity contribution in [2.75, 3.05) is 13.7 Å². The quantitative estimate of drug-likeness (QED) is 0.846. The molecule has 0 amide bonds. The molecule has 0 bridgehead atoms. The number of rotatable bonds is 4. The van der Waals surface area contributed by atoms with Crippen molar-refractivity contribution < 1.29 is 13.2 Å². The molecule has 1 N–H and O–H groups in total. The highest BCUT2D eigenvalue weighted by Gasteiger charge is 2.17. The molecule has 0 unspecified atom stereocenters. The van der Waals surface area contributed by atoms with Gasteiger partial charge in [0.05, 0.1) is 6.61 Å². The average molecular weight is 229 g/mol. The standard InChI is InChI=1S/C10H15NO3S/c1-4-14-9-6-5-8(2)7-10(9)15(12,13)11-3/h5-7,11H,4H2,1-3H3. The van der Waals surface area contributed by atoms with Crippen LogP contribution in [0.25, 0.3) is 0 Å². The number of ether oxygens (including phenoxy) is 1. The van der Waals surface area contributed by atoms with Gasteiger partial charge >= 0.3 is 0 Å². The molecule has 0 spiro atoms. The van der Waals surface area contributed by atoms with Gasteiger partial charge in [0.2, 0.25) is 10.0 Å². The van der Waals surface area contributed by atoms with Gasteiger partial charge in [-0.1, -0.05) is 6.07 Å². The van der Waals surface area contributed by atoms with Crippen LogP contribution >= 0.6 is 0 Å². The lowest BCUT2D eigenvalue weighted by molar-refractivity contribution is 0.331. The van der Waals surface area contributed by atoms with E-state index in [0.29, 0.717) is 12.4 Å². The molecule has 0 aliphatic carbocycles. The van der Waals surface area contributed by atoms with Crippen LogP contribution in [0.4, 0.5) is 0 Å². The van der Waals surface area contributed by atoms with E-state index in [1.807, 2.05) is 19.9 Å². The van der Waals surface area contributed by atoms with Crippen LogP contribution in [0.15, 0.2) is 23.1 Å². The van der Waals surface area contributed by atoms with Gasteiger partial charge in [-0.25, -0.2) is 13.1 Å². The topological polar surface area (TPSA) is 55.4 Å². The predicted molar refractivity (Wildman–Crippen MR) is 58.6 cm³/mol. The molecule has 0 saturated heterocycles. The van der Waals surface area contributed by atoms with Crippen molar-refractivity contribution in [3.05, 3.63) is 23.8 Å². The highest BCUT2D eigenvalue weighted by Crippen LogP contribution is 2.24. The van der Waals surface area contributed by atoms with Crippen molar-refractivity contribution in [2.45, 2.75) is 18.7 Å². The lowest BCUT2D eigenvalue weighted by atomic mass is 10.2. The third-order valence-electron chi connectivity index (χ3n) is 1.96. The van der Waals surface area contributed by atoms with Gasteiger partial charge in [-0.3, -0.25) is 0 Å². The Hall–Kier alpha value is -1.07. The molecular formula is C10H15NO3S. The summed E-state index contributed by atoms with van der Waals surface area (Å²) in [7, 11) is -2.07. The van der Waals surface area contributed by atoms with Crippen molar-refractivity contribution in [1.29, 1.82) is 0 Å². The van der Waals surface area contributed by atoms with E-state index in [9.17, 15) is 8.42 Å². The van der Waals surface area contributed by atoms with E-state index in [1.54, 1.807) is 12.1 Å². The summed E-state index contributed by atoms with van der Waals surface area (Å²) in [5.41, 5.74) is 0.882. The minimum absolute atomic E-state index is 0.187. The minimum Gasteiger partial charge on any atom is -0.492 e. The first-order valence-corrected chi connectivity index (χ1v) is 6.16. The van der Waals surface area contributed by atoms with Crippen molar-refractivity contribution in [3.8, 4) is 5.75 Å². The van der Waals surface area contributed by atoms with Crippen LogP contribution in [0.5, 0.6) is 5.75 Å². The van der Waals surface area contributed by atoms with Gasteiger partial charge in [0.25, 0.3) is 0 Å². The molecule has 15 heavy (non-hydrogen) atoms. The molecule has 0 fully saturated rings. The van der Waals surface area contributed by atoms with Crippen LogP contribution in [0.2, 0.25) is 0 Å². The molecule has 5 heteroatoms. The van der Waals surface area contributed by atoms with E-state index in [0.717, 1.165) is 5.56 Å². The van der Waals surface area contributed by atoms with Crippen molar-refractivity contribution in [3.63, 3.8) is 0 Å². The van der Waals surface area contributed by atoms with E-state index >= 15 is 0 Å². The molecule has 0 aromatic heterocycles. The Labute approximate surface area is 90.3 Å². The maximum absolute atomic E-state index is 11.7. The van der Waals surface area contributed by atoms with E-state index in [2.05, 4.69) is 4.72 Å². The van der Waals surface area contributed by atoms with Crippen LogP contribution in [0, 0.1) is 6.92 Å². The largest absolute Gasteiger partial charge is 0.492 e. The SMILES string of the molecule is CCOc1ccc(C)cc1S(=O)(=O)NC. The molecule has 0 aliphatic rings. The summed E-state index contributed by atoms with van der Waals surface area (Å²) < 4.78 is 30.9. The van der Waals surface area contributed by atoms with Crippen molar-refractivity contribution in [2.24, 2.45) is 0 Å². The number of benzene rings is 1. The van der Waals surface area contributed by atoms with Crippen molar-refractivity contribution >= 4 is 10.0 Å². The first kappa shape index (κ1) is 12.0. The smallest absolute Gasteiger partial charge is 0.244 e. The Morgan fingerprint density at radius 2 is 2.07 bits per heavy atom. The second-order valence-electron chi connectivity index (χ2n) is 3.09. The van der Waals surface area contributed by atoms with E-state index < -0.39 is 10.0 Å². The monoisotopic (exact) mass is 229 g/mol. The molecule has 84 valence electrons. The third kappa shape index (κ3) is 2.70. The summed E-state index contributed by atoms with van der Waals surface area (Å²) in [6, 6.07) is 5.08. The summed E-state index contributed by atoms with van der Waals surface area (Å²) in [6.07, 6.45) is 0. The zero-order chi connectivity index (χ0) is 11.5. The lowest BCUT2D eigenvalue weighted by Gasteiger charge is -2.10. The number of hydrogen-bond donors (Lipinski definition) is 1. The van der Waals surface area contributed by atoms with Gasteiger partial charge in [-0.15, -0.1) is 0 Å². The van der Waals surface area contributed by atoms with Gasteiger partial charge in [0.15, 0.2) is 0 Å². The molecule has 0 radical (unpaired) electrons. The van der Waals surface area contributed by atoms with Gasteiger partial charge < -0.3 is 4.74 Å². The fraction of sp³-hybridized carbons (Fsp3) is 0.400. The fourth-order valence-electron chi connectivity index (χ4n) is 1.21. The van der Waals surface area contributed by atoms with E-state index in [4.69, 9.17) is 4.74 Å². The van der Waals surface area contributed by atoms with Crippen molar-refractivity contribution in [1.82, 2.24) is 4.72 Å². The zero-order valence-corrected chi connectivity index (χ0v) is 9.89. The number of sulfonamides is 1. The van der Waals surface area contributed by atoms with Crippen LogP contribution in [0.3, 0.4) is 0 Å². The van der Waals surface area contributed by atoms with Gasteiger partial charge in [-0.05, 0) is 38.6 Å². The van der Waals surface area contributed by atoms with E-state index in [1.165, 1.54) is 7.05 Å². The molecule has 1 rings (SSSR count). The highest BCUT2D eigenvalue weighted by molar-refractivity contribution is 7.89. The average Bonchev–Trinajstić information content (AvgIpc) is 2.21. The maximum atomic E-state index is 11.7. The summed E-state index contributed by atoms with van der Waals surface area (Å²) in [6.45, 7) is 4.09. The fourth-order valence-corrected chi connectivity index (χ4v) is 2.16. The van der Waals surface area contributed by atoms with Gasteiger partial charge in [0.1, 0.15) is 10.6 Å². The number of nitrogens with one attached hydrogen (secondary N) is 1. The maximum Gasteiger partial charge on any atom is 0.244 e. The molecule has 0 saturated carbocycles. The Bertz CT molecular complexity index is 440. The lowest BCUT2D eigenvalue weighted by Crippen LogP contribution is -2.19. The first-order chi connectivity index (χ1) is 7.01. The minimum atomic E-state index is -3.45. The normalized spacial score (nSPS) is 11.4. The van der Waals surface area contributed by atoms with Crippen LogP contribution in [0.1, 0.15) is 12.5 Å².